The van der Waals surface area contributed by atoms with Gasteiger partial charge in [0.15, 0.2) is 0 Å². The summed E-state index contributed by atoms with van der Waals surface area (Å²) < 4.78 is 0. The second-order valence-corrected chi connectivity index (χ2v) is 6.40. The normalized spacial score (nSPS) is 13.2. The Morgan fingerprint density at radius 1 is 0.360 bits per heavy atom. The van der Waals surface area contributed by atoms with Gasteiger partial charge in [0, 0.05) is 0 Å². The molecule has 0 rings (SSSR count). The summed E-state index contributed by atoms with van der Waals surface area (Å²) in [6, 6.07) is 0. The van der Waals surface area contributed by atoms with E-state index in [1.165, 1.54) is 64.2 Å². The van der Waals surface area contributed by atoms with Crippen LogP contribution in [0.4, 0.5) is 0 Å². The standard InChI is InChI=1S/C25H40/c1-3-5-7-9-11-13-15-17-19-21-23-25-24-22-20-18-16-14-12-10-8-6-4-2/h7,9,11-15,17,19,21,23,25H,3-6,8,10,16,18,20,22,24H2,1-2H3. The Morgan fingerprint density at radius 3 is 1.32 bits per heavy atom. The van der Waals surface area contributed by atoms with Crippen molar-refractivity contribution in [3.8, 4) is 0 Å². The SMILES string of the molecule is CCCC=CC=CC=CC=CC=CCCCCCC=CCCCCC. The van der Waals surface area contributed by atoms with Crippen LogP contribution >= 0.6 is 0 Å². The highest BCUT2D eigenvalue weighted by molar-refractivity contribution is 5.17. The van der Waals surface area contributed by atoms with Crippen molar-refractivity contribution >= 4 is 0 Å². The molecule has 0 atom stereocenters. The number of unbranched alkanes of at least 4 members (excludes halogenated alkanes) is 8. The van der Waals surface area contributed by atoms with Crippen molar-refractivity contribution in [1.82, 2.24) is 0 Å². The molecule has 0 amide bonds. The first-order valence-electron chi connectivity index (χ1n) is 10.4. The monoisotopic (exact) mass is 340 g/mol. The zero-order valence-corrected chi connectivity index (χ0v) is 16.7. The van der Waals surface area contributed by atoms with Crippen LogP contribution in [0.15, 0.2) is 72.9 Å². The van der Waals surface area contributed by atoms with Gasteiger partial charge in [0.2, 0.25) is 0 Å². The maximum absolute atomic E-state index is 2.37. The Labute approximate surface area is 157 Å². The minimum atomic E-state index is 1.16. The average molecular weight is 341 g/mol. The Morgan fingerprint density at radius 2 is 0.800 bits per heavy atom. The third kappa shape index (κ3) is 22.4. The molecule has 0 saturated carbocycles. The highest BCUT2D eigenvalue weighted by atomic mass is 13.9. The van der Waals surface area contributed by atoms with E-state index in [2.05, 4.69) is 86.8 Å². The first-order valence-corrected chi connectivity index (χ1v) is 10.4. The molecule has 0 aromatic heterocycles. The molecule has 140 valence electrons. The van der Waals surface area contributed by atoms with Crippen LogP contribution in [0.5, 0.6) is 0 Å². The van der Waals surface area contributed by atoms with Gasteiger partial charge < -0.3 is 0 Å². The van der Waals surface area contributed by atoms with Gasteiger partial charge >= 0.3 is 0 Å². The summed E-state index contributed by atoms with van der Waals surface area (Å²) >= 11 is 0. The topological polar surface area (TPSA) is 0 Å². The quantitative estimate of drug-likeness (QED) is 0.150. The van der Waals surface area contributed by atoms with Crippen LogP contribution in [0.2, 0.25) is 0 Å². The summed E-state index contributed by atoms with van der Waals surface area (Å²) in [5.41, 5.74) is 0. The molecule has 0 aliphatic rings. The van der Waals surface area contributed by atoms with Gasteiger partial charge in [0.1, 0.15) is 0 Å². The molecule has 0 unspecified atom stereocenters. The molecule has 0 aromatic carbocycles. The smallest absolute Gasteiger partial charge is 0.0348 e. The summed E-state index contributed by atoms with van der Waals surface area (Å²) in [7, 11) is 0. The molecule has 0 spiro atoms. The zero-order chi connectivity index (χ0) is 18.3. The Hall–Kier alpha value is -1.56. The highest BCUT2D eigenvalue weighted by Crippen LogP contribution is 2.06. The van der Waals surface area contributed by atoms with Gasteiger partial charge in [0.05, 0.1) is 0 Å². The van der Waals surface area contributed by atoms with Crippen LogP contribution in [-0.4, -0.2) is 0 Å². The largest absolute Gasteiger partial charge is 0.0885 e. The first-order chi connectivity index (χ1) is 12.4. The predicted molar refractivity (Wildman–Crippen MR) is 117 cm³/mol. The fourth-order valence-corrected chi connectivity index (χ4v) is 2.35. The lowest BCUT2D eigenvalue weighted by Gasteiger charge is -1.95. The summed E-state index contributed by atoms with van der Waals surface area (Å²) in [4.78, 5) is 0. The van der Waals surface area contributed by atoms with Gasteiger partial charge in [0.25, 0.3) is 0 Å². The van der Waals surface area contributed by atoms with Crippen molar-refractivity contribution in [2.24, 2.45) is 0 Å². The molecule has 25 heavy (non-hydrogen) atoms. The van der Waals surface area contributed by atoms with Crippen LogP contribution in [0.25, 0.3) is 0 Å². The minimum Gasteiger partial charge on any atom is -0.0885 e. The van der Waals surface area contributed by atoms with Gasteiger partial charge in [-0.3, -0.25) is 0 Å². The Bertz CT molecular complexity index is 415. The summed E-state index contributed by atoms with van der Waals surface area (Å²) in [6.45, 7) is 4.45. The Kier molecular flexibility index (Phi) is 21.0. The number of hydrogen-bond acceptors (Lipinski definition) is 0. The van der Waals surface area contributed by atoms with Gasteiger partial charge in [-0.15, -0.1) is 0 Å². The summed E-state index contributed by atoms with van der Waals surface area (Å²) in [5.74, 6) is 0. The fraction of sp³-hybridized carbons (Fsp3) is 0.520. The van der Waals surface area contributed by atoms with Crippen molar-refractivity contribution in [3.63, 3.8) is 0 Å². The number of hydrogen-bond donors (Lipinski definition) is 0. The number of rotatable bonds is 16. The maximum atomic E-state index is 2.37. The van der Waals surface area contributed by atoms with Crippen molar-refractivity contribution in [2.75, 3.05) is 0 Å². The van der Waals surface area contributed by atoms with Crippen LogP contribution in [0, 0.1) is 0 Å². The van der Waals surface area contributed by atoms with E-state index in [4.69, 9.17) is 0 Å². The van der Waals surface area contributed by atoms with Crippen molar-refractivity contribution < 1.29 is 0 Å². The van der Waals surface area contributed by atoms with E-state index in [0.29, 0.717) is 0 Å². The van der Waals surface area contributed by atoms with Crippen molar-refractivity contribution in [1.29, 1.82) is 0 Å². The van der Waals surface area contributed by atoms with Gasteiger partial charge in [-0.25, -0.2) is 0 Å². The molecular weight excluding hydrogens is 300 g/mol. The Balaban J connectivity index is 3.45. The van der Waals surface area contributed by atoms with E-state index < -0.39 is 0 Å². The fourth-order valence-electron chi connectivity index (χ4n) is 2.35. The average Bonchev–Trinajstić information content (AvgIpc) is 2.63. The van der Waals surface area contributed by atoms with Crippen LogP contribution < -0.4 is 0 Å². The van der Waals surface area contributed by atoms with Gasteiger partial charge in [-0.1, -0.05) is 112 Å². The third-order valence-corrected chi connectivity index (χ3v) is 3.89. The van der Waals surface area contributed by atoms with Crippen LogP contribution in [-0.2, 0) is 0 Å². The molecule has 0 aliphatic carbocycles. The van der Waals surface area contributed by atoms with E-state index in [1.807, 2.05) is 0 Å². The van der Waals surface area contributed by atoms with E-state index in [0.717, 1.165) is 6.42 Å². The van der Waals surface area contributed by atoms with E-state index in [9.17, 15) is 0 Å². The predicted octanol–water partition coefficient (Wildman–Crippen LogP) is 8.65. The molecule has 0 aromatic rings. The van der Waals surface area contributed by atoms with E-state index in [1.54, 1.807) is 0 Å². The number of allylic oxidation sites excluding steroid dienone is 12. The molecule has 0 fully saturated rings. The molecule has 0 bridgehead atoms. The van der Waals surface area contributed by atoms with Crippen molar-refractivity contribution in [2.45, 2.75) is 84.5 Å². The molecule has 0 heterocycles. The lowest BCUT2D eigenvalue weighted by molar-refractivity contribution is 0.692. The van der Waals surface area contributed by atoms with Crippen LogP contribution in [0.1, 0.15) is 84.5 Å². The lowest BCUT2D eigenvalue weighted by atomic mass is 10.1. The van der Waals surface area contributed by atoms with Crippen molar-refractivity contribution in [3.05, 3.63) is 72.9 Å². The molecular formula is C25H40. The minimum absolute atomic E-state index is 1.16. The maximum Gasteiger partial charge on any atom is -0.0348 e. The molecule has 0 N–H and O–H groups in total. The first kappa shape index (κ1) is 23.4. The molecule has 0 aliphatic heterocycles. The molecule has 0 saturated heterocycles. The highest BCUT2D eigenvalue weighted by Gasteiger charge is 1.86. The van der Waals surface area contributed by atoms with Crippen LogP contribution in [0.3, 0.4) is 0 Å². The zero-order valence-electron chi connectivity index (χ0n) is 16.7. The molecule has 0 heteroatoms. The molecule has 0 radical (unpaired) electrons. The van der Waals surface area contributed by atoms with E-state index in [-0.39, 0.29) is 0 Å². The van der Waals surface area contributed by atoms with E-state index >= 15 is 0 Å². The van der Waals surface area contributed by atoms with Gasteiger partial charge in [-0.05, 0) is 44.9 Å². The lowest BCUT2D eigenvalue weighted by Crippen LogP contribution is -1.75. The summed E-state index contributed by atoms with van der Waals surface area (Å²) in [5, 5.41) is 0. The summed E-state index contributed by atoms with van der Waals surface area (Å²) in [6.07, 6.45) is 40.0. The second-order valence-electron chi connectivity index (χ2n) is 6.40. The van der Waals surface area contributed by atoms with Gasteiger partial charge in [-0.2, -0.15) is 0 Å². The molecule has 0 nitrogen and oxygen atoms in total. The second kappa shape index (κ2) is 22.4. The third-order valence-electron chi connectivity index (χ3n) is 3.89.